The van der Waals surface area contributed by atoms with Crippen LogP contribution in [0.2, 0.25) is 0 Å². The molecule has 10 heteroatoms. The first-order valence-corrected chi connectivity index (χ1v) is 12.3. The Kier molecular flexibility index (Phi) is 7.74. The van der Waals surface area contributed by atoms with Gasteiger partial charge < -0.3 is 13.9 Å². The number of aryl methyl sites for hydroxylation is 1. The molecule has 2 aliphatic rings. The van der Waals surface area contributed by atoms with Gasteiger partial charge in [0.05, 0.1) is 7.11 Å². The molecule has 32 heavy (non-hydrogen) atoms. The van der Waals surface area contributed by atoms with E-state index >= 15 is 0 Å². The van der Waals surface area contributed by atoms with E-state index in [2.05, 4.69) is 27.1 Å². The van der Waals surface area contributed by atoms with Crippen molar-refractivity contribution >= 4 is 22.1 Å². The predicted octanol–water partition coefficient (Wildman–Crippen LogP) is 5.94. The number of nitrogens with zero attached hydrogens (tertiary/aromatic N) is 1. The smallest absolute Gasteiger partial charge is 0.494 e. The second-order valence-corrected chi connectivity index (χ2v) is 9.66. The number of aliphatic imine (C=N–C) groups is 1. The molecule has 1 aliphatic carbocycles. The standard InChI is InChI=1S/C22H29F3N2O4S/c1-3-4-9-15-10-7-5-6-8-11-18-17(15)12-16(26-18)13-19-20(30-2)14-21(27-19)31-32(28,29)22(23,24)25/h12-15,26H,3-11H2,1-2H3/b19-13+/t15-/m0/s1. The number of hydrogen-bond acceptors (Lipinski definition) is 5. The lowest BCUT2D eigenvalue weighted by molar-refractivity contribution is -0.0504. The van der Waals surface area contributed by atoms with Crippen molar-refractivity contribution < 1.29 is 30.5 Å². The number of unbranched alkanes of at least 4 members (excludes halogenated alkanes) is 1. The average Bonchev–Trinajstić information content (AvgIpc) is 3.30. The van der Waals surface area contributed by atoms with Gasteiger partial charge in [-0.3, -0.25) is 0 Å². The lowest BCUT2D eigenvalue weighted by Crippen LogP contribution is -2.27. The molecular formula is C22H29F3N2O4S. The molecule has 1 atom stereocenters. The topological polar surface area (TPSA) is 80.8 Å². The Hall–Kier alpha value is -2.23. The van der Waals surface area contributed by atoms with E-state index in [0.29, 0.717) is 5.92 Å². The Bertz CT molecular complexity index is 1010. The molecule has 178 valence electrons. The molecule has 1 aliphatic heterocycles. The summed E-state index contributed by atoms with van der Waals surface area (Å²) in [6.45, 7) is 2.18. The minimum Gasteiger partial charge on any atom is -0.494 e. The first-order chi connectivity index (χ1) is 15.1. The highest BCUT2D eigenvalue weighted by Gasteiger charge is 2.49. The number of H-pyrrole nitrogens is 1. The van der Waals surface area contributed by atoms with E-state index in [9.17, 15) is 21.6 Å². The van der Waals surface area contributed by atoms with E-state index in [1.54, 1.807) is 6.08 Å². The molecule has 1 aromatic heterocycles. The summed E-state index contributed by atoms with van der Waals surface area (Å²) < 4.78 is 69.8. The van der Waals surface area contributed by atoms with Crippen molar-refractivity contribution in [2.24, 2.45) is 4.99 Å². The van der Waals surface area contributed by atoms with Crippen molar-refractivity contribution in [3.05, 3.63) is 40.5 Å². The van der Waals surface area contributed by atoms with Crippen LogP contribution in [0.25, 0.3) is 6.08 Å². The molecule has 0 fully saturated rings. The molecule has 0 radical (unpaired) electrons. The fourth-order valence-corrected chi connectivity index (χ4v) is 4.55. The van der Waals surface area contributed by atoms with Crippen LogP contribution in [0, 0.1) is 0 Å². The summed E-state index contributed by atoms with van der Waals surface area (Å²) in [5.41, 5.74) is -2.13. The van der Waals surface area contributed by atoms with Gasteiger partial charge in [-0.15, -0.1) is 0 Å². The fourth-order valence-electron chi connectivity index (χ4n) is 4.15. The summed E-state index contributed by atoms with van der Waals surface area (Å²) in [6, 6.07) is 2.07. The van der Waals surface area contributed by atoms with Crippen LogP contribution in [-0.4, -0.2) is 31.9 Å². The van der Waals surface area contributed by atoms with E-state index in [1.165, 1.54) is 37.6 Å². The molecule has 0 saturated heterocycles. The number of nitrogens with one attached hydrogen (secondary N) is 1. The summed E-state index contributed by atoms with van der Waals surface area (Å²) in [6.07, 6.45) is 12.9. The number of rotatable bonds is 6. The van der Waals surface area contributed by atoms with Gasteiger partial charge in [-0.1, -0.05) is 39.0 Å². The van der Waals surface area contributed by atoms with Gasteiger partial charge in [-0.2, -0.15) is 21.6 Å². The number of aromatic nitrogens is 1. The Morgan fingerprint density at radius 1 is 1.25 bits per heavy atom. The van der Waals surface area contributed by atoms with E-state index in [4.69, 9.17) is 4.74 Å². The molecule has 0 amide bonds. The molecule has 0 aromatic carbocycles. The van der Waals surface area contributed by atoms with E-state index in [0.717, 1.165) is 50.3 Å². The second kappa shape index (κ2) is 10.1. The SMILES string of the molecule is CCCC[C@H]1CCCCCCc2[nH]c(/C=C3/N=C(OS(=O)(=O)C(F)(F)F)C=C3OC)cc21. The number of fused-ring (bicyclic) bond motifs is 1. The third-order valence-corrected chi connectivity index (χ3v) is 6.72. The summed E-state index contributed by atoms with van der Waals surface area (Å²) in [5.74, 6) is -0.0989. The number of aromatic amines is 1. The van der Waals surface area contributed by atoms with Crippen LogP contribution in [0.15, 0.2) is 28.6 Å². The highest BCUT2D eigenvalue weighted by molar-refractivity contribution is 7.88. The normalized spacial score (nSPS) is 21.3. The van der Waals surface area contributed by atoms with Crippen molar-refractivity contribution in [2.75, 3.05) is 7.11 Å². The minimum atomic E-state index is -5.81. The zero-order valence-electron chi connectivity index (χ0n) is 18.3. The number of hydrogen-bond donors (Lipinski definition) is 1. The highest BCUT2D eigenvalue weighted by atomic mass is 32.2. The van der Waals surface area contributed by atoms with E-state index in [-0.39, 0.29) is 11.5 Å². The van der Waals surface area contributed by atoms with Crippen molar-refractivity contribution in [1.29, 1.82) is 0 Å². The fraction of sp³-hybridized carbons (Fsp3) is 0.591. The van der Waals surface area contributed by atoms with Crippen LogP contribution in [0.5, 0.6) is 0 Å². The Balaban J connectivity index is 1.90. The molecule has 0 spiro atoms. The number of methoxy groups -OCH3 is 1. The van der Waals surface area contributed by atoms with Crippen molar-refractivity contribution in [3.63, 3.8) is 0 Å². The maximum absolute atomic E-state index is 12.6. The third kappa shape index (κ3) is 5.76. The molecule has 1 aromatic rings. The van der Waals surface area contributed by atoms with Crippen molar-refractivity contribution in [2.45, 2.75) is 76.1 Å². The Morgan fingerprint density at radius 2 is 2.00 bits per heavy atom. The molecule has 0 unspecified atom stereocenters. The van der Waals surface area contributed by atoms with Crippen LogP contribution in [0.4, 0.5) is 13.2 Å². The Labute approximate surface area is 186 Å². The second-order valence-electron chi connectivity index (χ2n) is 8.13. The van der Waals surface area contributed by atoms with Crippen LogP contribution < -0.4 is 0 Å². The highest BCUT2D eigenvalue weighted by Crippen LogP contribution is 2.35. The number of alkyl halides is 3. The first kappa shape index (κ1) is 24.4. The minimum absolute atomic E-state index is 0.124. The molecule has 1 N–H and O–H groups in total. The summed E-state index contributed by atoms with van der Waals surface area (Å²) >= 11 is 0. The van der Waals surface area contributed by atoms with Gasteiger partial charge in [0.1, 0.15) is 11.5 Å². The molecule has 0 bridgehead atoms. The quantitative estimate of drug-likeness (QED) is 0.408. The molecule has 3 rings (SSSR count). The molecule has 2 heterocycles. The van der Waals surface area contributed by atoms with Crippen LogP contribution in [-0.2, 0) is 25.5 Å². The van der Waals surface area contributed by atoms with Crippen LogP contribution in [0.1, 0.15) is 81.2 Å². The lowest BCUT2D eigenvalue weighted by Gasteiger charge is -2.16. The van der Waals surface area contributed by atoms with Crippen molar-refractivity contribution in [1.82, 2.24) is 4.98 Å². The van der Waals surface area contributed by atoms with Gasteiger partial charge in [0, 0.05) is 17.5 Å². The summed E-state index contributed by atoms with van der Waals surface area (Å²) in [7, 11) is -4.48. The van der Waals surface area contributed by atoms with Crippen molar-refractivity contribution in [3.8, 4) is 0 Å². The molecular weight excluding hydrogens is 445 g/mol. The van der Waals surface area contributed by atoms with Gasteiger partial charge >= 0.3 is 15.6 Å². The zero-order valence-corrected chi connectivity index (χ0v) is 19.1. The van der Waals surface area contributed by atoms with E-state index < -0.39 is 21.5 Å². The molecule has 6 nitrogen and oxygen atoms in total. The third-order valence-electron chi connectivity index (χ3n) is 5.76. The van der Waals surface area contributed by atoms with Gasteiger partial charge in [0.25, 0.3) is 0 Å². The number of halogens is 3. The lowest BCUT2D eigenvalue weighted by atomic mass is 9.89. The predicted molar refractivity (Wildman–Crippen MR) is 116 cm³/mol. The maximum Gasteiger partial charge on any atom is 0.534 e. The van der Waals surface area contributed by atoms with Gasteiger partial charge in [0.15, 0.2) is 0 Å². The van der Waals surface area contributed by atoms with Gasteiger partial charge in [-0.25, -0.2) is 4.99 Å². The largest absolute Gasteiger partial charge is 0.534 e. The van der Waals surface area contributed by atoms with Gasteiger partial charge in [-0.05, 0) is 49.3 Å². The summed E-state index contributed by atoms with van der Waals surface area (Å²) in [4.78, 5) is 7.33. The summed E-state index contributed by atoms with van der Waals surface area (Å²) in [5, 5.41) is 0. The maximum atomic E-state index is 12.6. The Morgan fingerprint density at radius 3 is 2.69 bits per heavy atom. The first-order valence-electron chi connectivity index (χ1n) is 10.9. The van der Waals surface area contributed by atoms with E-state index in [1.807, 2.05) is 0 Å². The van der Waals surface area contributed by atoms with Gasteiger partial charge in [0.2, 0.25) is 5.90 Å². The van der Waals surface area contributed by atoms with Crippen LogP contribution >= 0.6 is 0 Å². The zero-order chi connectivity index (χ0) is 23.4. The monoisotopic (exact) mass is 474 g/mol. The van der Waals surface area contributed by atoms with Crippen LogP contribution in [0.3, 0.4) is 0 Å². The molecule has 0 saturated carbocycles. The number of ether oxygens (including phenoxy) is 1. The average molecular weight is 475 g/mol.